The Bertz CT molecular complexity index is 857. The van der Waals surface area contributed by atoms with Gasteiger partial charge in [0.2, 0.25) is 0 Å². The van der Waals surface area contributed by atoms with E-state index in [0.29, 0.717) is 18.2 Å². The lowest BCUT2D eigenvalue weighted by Crippen LogP contribution is -2.40. The van der Waals surface area contributed by atoms with E-state index in [1.54, 1.807) is 0 Å². The number of guanidine groups is 1. The first-order valence-electron chi connectivity index (χ1n) is 10.4. The molecule has 28 heavy (non-hydrogen) atoms. The molecule has 1 aromatic heterocycles. The first-order chi connectivity index (χ1) is 13.6. The summed E-state index contributed by atoms with van der Waals surface area (Å²) in [4.78, 5) is 6.85. The zero-order valence-electron chi connectivity index (χ0n) is 17.0. The fourth-order valence-electron chi connectivity index (χ4n) is 4.69. The molecule has 1 aromatic carbocycles. The van der Waals surface area contributed by atoms with Crippen molar-refractivity contribution in [1.82, 2.24) is 20.0 Å². The van der Waals surface area contributed by atoms with Gasteiger partial charge in [-0.3, -0.25) is 9.67 Å². The highest BCUT2D eigenvalue weighted by atomic mass is 16.3. The van der Waals surface area contributed by atoms with Crippen molar-refractivity contribution in [2.24, 2.45) is 18.0 Å². The normalized spacial score (nSPS) is 19.7. The van der Waals surface area contributed by atoms with E-state index in [2.05, 4.69) is 32.6 Å². The minimum absolute atomic E-state index is 0.402. The molecule has 1 unspecified atom stereocenters. The molecule has 6 nitrogen and oxygen atoms in total. The molecule has 0 saturated carbocycles. The number of nitrogens with zero attached hydrogens (tertiary/aromatic N) is 4. The summed E-state index contributed by atoms with van der Waals surface area (Å²) in [6.45, 7) is 2.66. The van der Waals surface area contributed by atoms with Crippen LogP contribution in [0, 0.1) is 5.92 Å². The van der Waals surface area contributed by atoms with Crippen LogP contribution in [0.3, 0.4) is 0 Å². The highest BCUT2D eigenvalue weighted by molar-refractivity contribution is 5.80. The fourth-order valence-corrected chi connectivity index (χ4v) is 4.69. The number of aromatic nitrogens is 2. The largest absolute Gasteiger partial charge is 0.508 e. The molecule has 1 aliphatic carbocycles. The van der Waals surface area contributed by atoms with E-state index in [4.69, 9.17) is 0 Å². The average molecular weight is 382 g/mol. The van der Waals surface area contributed by atoms with Crippen molar-refractivity contribution in [3.63, 3.8) is 0 Å². The molecule has 150 valence electrons. The average Bonchev–Trinajstić information content (AvgIpc) is 3.33. The van der Waals surface area contributed by atoms with Crippen LogP contribution in [-0.2, 0) is 32.9 Å². The van der Waals surface area contributed by atoms with Gasteiger partial charge in [-0.25, -0.2) is 0 Å². The second kappa shape index (κ2) is 8.25. The molecule has 0 amide bonds. The number of likely N-dealkylation sites (tertiary alicyclic amines) is 1. The predicted molar refractivity (Wildman–Crippen MR) is 112 cm³/mol. The summed E-state index contributed by atoms with van der Waals surface area (Å²) in [5, 5.41) is 18.2. The number of phenols is 1. The molecule has 2 aliphatic rings. The van der Waals surface area contributed by atoms with Crippen LogP contribution in [-0.4, -0.2) is 45.9 Å². The van der Waals surface area contributed by atoms with Crippen molar-refractivity contribution in [2.45, 2.75) is 45.1 Å². The number of fused-ring (bicyclic) bond motifs is 1. The third-order valence-corrected chi connectivity index (χ3v) is 6.13. The lowest BCUT2D eigenvalue weighted by atomic mass is 9.88. The molecule has 0 bridgehead atoms. The monoisotopic (exact) mass is 381 g/mol. The van der Waals surface area contributed by atoms with Crippen molar-refractivity contribution in [2.75, 3.05) is 20.1 Å². The van der Waals surface area contributed by atoms with Crippen molar-refractivity contribution in [3.05, 3.63) is 46.8 Å². The Hall–Kier alpha value is -2.50. The molecular formula is C22H31N5O. The number of hydrogen-bond acceptors (Lipinski definition) is 3. The van der Waals surface area contributed by atoms with E-state index in [1.807, 2.05) is 31.0 Å². The van der Waals surface area contributed by atoms with Gasteiger partial charge in [0.1, 0.15) is 5.75 Å². The molecule has 0 radical (unpaired) electrons. The standard InChI is InChI=1S/C22H31N5O/c1-23-22(27-10-9-16(15-27)11-17-12-25-26(2)14-17)24-13-20-19-6-4-3-5-18(19)7-8-21(20)28/h7-8,12,14,16,28H,3-6,9-11,13,15H2,1-2H3,(H,23,24). The van der Waals surface area contributed by atoms with E-state index >= 15 is 0 Å². The number of rotatable bonds is 4. The van der Waals surface area contributed by atoms with Crippen molar-refractivity contribution in [3.8, 4) is 5.75 Å². The molecule has 1 aliphatic heterocycles. The Morgan fingerprint density at radius 2 is 2.18 bits per heavy atom. The van der Waals surface area contributed by atoms with Gasteiger partial charge in [0, 0.05) is 45.5 Å². The van der Waals surface area contributed by atoms with Crippen LogP contribution >= 0.6 is 0 Å². The first-order valence-corrected chi connectivity index (χ1v) is 10.4. The summed E-state index contributed by atoms with van der Waals surface area (Å²) in [6.07, 6.45) is 11.0. The van der Waals surface area contributed by atoms with Crippen LogP contribution in [0.25, 0.3) is 0 Å². The van der Waals surface area contributed by atoms with Crippen molar-refractivity contribution in [1.29, 1.82) is 0 Å². The fraction of sp³-hybridized carbons (Fsp3) is 0.545. The maximum Gasteiger partial charge on any atom is 0.193 e. The highest BCUT2D eigenvalue weighted by Gasteiger charge is 2.26. The summed E-state index contributed by atoms with van der Waals surface area (Å²) in [5.74, 6) is 1.96. The van der Waals surface area contributed by atoms with Crippen LogP contribution < -0.4 is 5.32 Å². The van der Waals surface area contributed by atoms with E-state index in [9.17, 15) is 5.11 Å². The van der Waals surface area contributed by atoms with Crippen LogP contribution in [0.1, 0.15) is 41.5 Å². The summed E-state index contributed by atoms with van der Waals surface area (Å²) in [7, 11) is 3.81. The topological polar surface area (TPSA) is 65.7 Å². The quantitative estimate of drug-likeness (QED) is 0.631. The molecule has 4 rings (SSSR count). The van der Waals surface area contributed by atoms with E-state index < -0.39 is 0 Å². The summed E-state index contributed by atoms with van der Waals surface area (Å²) in [5.41, 5.74) is 5.08. The number of aliphatic imine (C=N–C) groups is 1. The molecule has 1 fully saturated rings. The Morgan fingerprint density at radius 3 is 2.96 bits per heavy atom. The minimum atomic E-state index is 0.402. The molecule has 1 saturated heterocycles. The molecular weight excluding hydrogens is 350 g/mol. The molecule has 2 N–H and O–H groups in total. The molecule has 2 heterocycles. The lowest BCUT2D eigenvalue weighted by Gasteiger charge is -2.24. The zero-order chi connectivity index (χ0) is 19.5. The van der Waals surface area contributed by atoms with Gasteiger partial charge in [-0.1, -0.05) is 6.07 Å². The van der Waals surface area contributed by atoms with Crippen LogP contribution in [0.5, 0.6) is 5.75 Å². The summed E-state index contributed by atoms with van der Waals surface area (Å²) in [6, 6.07) is 3.94. The van der Waals surface area contributed by atoms with E-state index in [-0.39, 0.29) is 0 Å². The van der Waals surface area contributed by atoms with Gasteiger partial charge >= 0.3 is 0 Å². The van der Waals surface area contributed by atoms with Crippen LogP contribution in [0.2, 0.25) is 0 Å². The lowest BCUT2D eigenvalue weighted by molar-refractivity contribution is 0.451. The number of nitrogens with one attached hydrogen (secondary N) is 1. The number of aromatic hydroxyl groups is 1. The summed E-state index contributed by atoms with van der Waals surface area (Å²) >= 11 is 0. The van der Waals surface area contributed by atoms with Crippen LogP contribution in [0.15, 0.2) is 29.5 Å². The van der Waals surface area contributed by atoms with Crippen molar-refractivity contribution >= 4 is 5.96 Å². The predicted octanol–water partition coefficient (Wildman–Crippen LogP) is 2.64. The van der Waals surface area contributed by atoms with Gasteiger partial charge < -0.3 is 15.3 Å². The molecule has 2 aromatic rings. The Labute approximate surface area is 167 Å². The third kappa shape index (κ3) is 4.01. The van der Waals surface area contributed by atoms with E-state index in [1.165, 1.54) is 36.0 Å². The molecule has 1 atom stereocenters. The SMILES string of the molecule is CN=C(NCc1c(O)ccc2c1CCCC2)N1CCC(Cc2cnn(C)c2)C1. The molecule has 0 spiro atoms. The zero-order valence-corrected chi connectivity index (χ0v) is 17.0. The van der Waals surface area contributed by atoms with Crippen molar-refractivity contribution < 1.29 is 5.11 Å². The van der Waals surface area contributed by atoms with Gasteiger partial charge in [0.15, 0.2) is 5.96 Å². The smallest absolute Gasteiger partial charge is 0.193 e. The first kappa shape index (κ1) is 18.8. The van der Waals surface area contributed by atoms with Gasteiger partial charge in [-0.05, 0) is 67.2 Å². The highest BCUT2D eigenvalue weighted by Crippen LogP contribution is 2.30. The van der Waals surface area contributed by atoms with Gasteiger partial charge in [-0.2, -0.15) is 5.10 Å². The third-order valence-electron chi connectivity index (χ3n) is 6.13. The Morgan fingerprint density at radius 1 is 1.32 bits per heavy atom. The minimum Gasteiger partial charge on any atom is -0.508 e. The van der Waals surface area contributed by atoms with Gasteiger partial charge in [0.25, 0.3) is 0 Å². The number of hydrogen-bond donors (Lipinski definition) is 2. The van der Waals surface area contributed by atoms with Gasteiger partial charge in [-0.15, -0.1) is 0 Å². The maximum absolute atomic E-state index is 10.4. The van der Waals surface area contributed by atoms with E-state index in [0.717, 1.165) is 43.9 Å². The number of aryl methyl sites for hydroxylation is 2. The maximum atomic E-state index is 10.4. The number of benzene rings is 1. The number of phenolic OH excluding ortho intramolecular Hbond substituents is 1. The Kier molecular flexibility index (Phi) is 5.55. The van der Waals surface area contributed by atoms with Crippen LogP contribution in [0.4, 0.5) is 0 Å². The second-order valence-corrected chi connectivity index (χ2v) is 8.14. The van der Waals surface area contributed by atoms with Gasteiger partial charge in [0.05, 0.1) is 6.20 Å². The Balaban J connectivity index is 1.38. The second-order valence-electron chi connectivity index (χ2n) is 8.14. The summed E-state index contributed by atoms with van der Waals surface area (Å²) < 4.78 is 1.87. The molecule has 6 heteroatoms.